The van der Waals surface area contributed by atoms with Crippen LogP contribution in [0.1, 0.15) is 35.6 Å². The molecule has 29 heavy (non-hydrogen) atoms. The summed E-state index contributed by atoms with van der Waals surface area (Å²) in [6.45, 7) is 8.78. The van der Waals surface area contributed by atoms with Gasteiger partial charge in [-0.1, -0.05) is 29.8 Å². The Labute approximate surface area is 178 Å². The van der Waals surface area contributed by atoms with E-state index in [4.69, 9.17) is 4.74 Å². The molecule has 0 bridgehead atoms. The molecule has 1 saturated heterocycles. The van der Waals surface area contributed by atoms with Crippen molar-refractivity contribution in [2.75, 3.05) is 18.4 Å². The average Bonchev–Trinajstić information content (AvgIpc) is 3.31. The molecule has 1 aliphatic rings. The van der Waals surface area contributed by atoms with Gasteiger partial charge in [-0.15, -0.1) is 22.7 Å². The molecule has 6 nitrogen and oxygen atoms in total. The summed E-state index contributed by atoms with van der Waals surface area (Å²) in [5.41, 5.74) is 3.59. The molecule has 0 spiro atoms. The summed E-state index contributed by atoms with van der Waals surface area (Å²) in [6, 6.07) is 8.14. The quantitative estimate of drug-likeness (QED) is 0.651. The number of nitrogens with one attached hydrogen (secondary N) is 1. The molecule has 1 fully saturated rings. The van der Waals surface area contributed by atoms with Crippen molar-refractivity contribution in [3.63, 3.8) is 0 Å². The Bertz CT molecular complexity index is 973. The highest BCUT2D eigenvalue weighted by Crippen LogP contribution is 2.25. The molecule has 1 N–H and O–H groups in total. The molecule has 8 heteroatoms. The van der Waals surface area contributed by atoms with E-state index >= 15 is 0 Å². The minimum Gasteiger partial charge on any atom is -0.373 e. The number of hydrogen-bond acceptors (Lipinski definition) is 7. The lowest BCUT2D eigenvalue weighted by Crippen LogP contribution is -2.44. The van der Waals surface area contributed by atoms with Crippen LogP contribution in [0.3, 0.4) is 0 Å². The number of benzene rings is 1. The fraction of sp³-hybridized carbons (Fsp3) is 0.381. The number of ether oxygens (including phenoxy) is 1. The van der Waals surface area contributed by atoms with E-state index in [1.807, 2.05) is 36.6 Å². The lowest BCUT2D eigenvalue weighted by Gasteiger charge is -2.34. The van der Waals surface area contributed by atoms with Gasteiger partial charge in [0.2, 0.25) is 0 Å². The molecule has 1 aliphatic heterocycles. The predicted octanol–water partition coefficient (Wildman–Crippen LogP) is 4.44. The summed E-state index contributed by atoms with van der Waals surface area (Å²) in [5.74, 6) is -0.228. The second-order valence-corrected chi connectivity index (χ2v) is 9.17. The first-order valence-corrected chi connectivity index (χ1v) is 11.4. The van der Waals surface area contributed by atoms with Gasteiger partial charge in [0.25, 0.3) is 5.91 Å². The molecule has 3 heterocycles. The number of aromatic nitrogens is 2. The van der Waals surface area contributed by atoms with Crippen molar-refractivity contribution in [3.05, 3.63) is 52.0 Å². The van der Waals surface area contributed by atoms with E-state index < -0.39 is 0 Å². The minimum absolute atomic E-state index is 0.226. The molecule has 0 aliphatic carbocycles. The number of aryl methyl sites for hydroxylation is 1. The van der Waals surface area contributed by atoms with Gasteiger partial charge in [-0.25, -0.2) is 9.97 Å². The van der Waals surface area contributed by atoms with E-state index in [1.54, 1.807) is 5.38 Å². The topological polar surface area (TPSA) is 67.4 Å². The van der Waals surface area contributed by atoms with Crippen LogP contribution in [-0.4, -0.2) is 46.1 Å². The van der Waals surface area contributed by atoms with Crippen molar-refractivity contribution in [1.82, 2.24) is 14.9 Å². The Hall–Kier alpha value is -2.13. The zero-order valence-electron chi connectivity index (χ0n) is 16.7. The Balaban J connectivity index is 1.37. The van der Waals surface area contributed by atoms with Gasteiger partial charge in [-0.2, -0.15) is 0 Å². The molecule has 0 saturated carbocycles. The molecule has 3 aromatic rings. The van der Waals surface area contributed by atoms with E-state index in [1.165, 1.54) is 28.2 Å². The number of hydrogen-bond donors (Lipinski definition) is 1. The molecule has 1 amide bonds. The van der Waals surface area contributed by atoms with Crippen LogP contribution in [0.5, 0.6) is 0 Å². The molecule has 2 aromatic heterocycles. The molecule has 0 radical (unpaired) electrons. The Kier molecular flexibility index (Phi) is 6.05. The Morgan fingerprint density at radius 3 is 2.59 bits per heavy atom. The van der Waals surface area contributed by atoms with Crippen molar-refractivity contribution >= 4 is 33.7 Å². The van der Waals surface area contributed by atoms with Crippen LogP contribution in [0.4, 0.5) is 5.13 Å². The minimum atomic E-state index is -0.228. The third-order valence-electron chi connectivity index (χ3n) is 4.69. The molecule has 4 rings (SSSR count). The van der Waals surface area contributed by atoms with Crippen molar-refractivity contribution in [2.45, 2.75) is 39.5 Å². The van der Waals surface area contributed by atoms with Crippen molar-refractivity contribution in [1.29, 1.82) is 0 Å². The van der Waals surface area contributed by atoms with Crippen LogP contribution in [0.15, 0.2) is 35.0 Å². The third kappa shape index (κ3) is 5.08. The molecule has 1 aromatic carbocycles. The molecular weight excluding hydrogens is 404 g/mol. The fourth-order valence-electron chi connectivity index (χ4n) is 3.45. The lowest BCUT2D eigenvalue weighted by molar-refractivity contribution is -0.0707. The number of anilines is 1. The number of carbonyl (C=O) groups is 1. The van der Waals surface area contributed by atoms with Crippen LogP contribution >= 0.6 is 22.7 Å². The zero-order valence-corrected chi connectivity index (χ0v) is 18.3. The van der Waals surface area contributed by atoms with E-state index in [-0.39, 0.29) is 18.1 Å². The highest BCUT2D eigenvalue weighted by molar-refractivity contribution is 7.14. The summed E-state index contributed by atoms with van der Waals surface area (Å²) < 4.78 is 5.78. The average molecular weight is 429 g/mol. The van der Waals surface area contributed by atoms with Gasteiger partial charge in [0, 0.05) is 36.0 Å². The highest BCUT2D eigenvalue weighted by atomic mass is 32.1. The number of rotatable bonds is 5. The molecule has 152 valence electrons. The smallest absolute Gasteiger partial charge is 0.276 e. The largest absolute Gasteiger partial charge is 0.373 e. The monoisotopic (exact) mass is 428 g/mol. The van der Waals surface area contributed by atoms with E-state index in [2.05, 4.69) is 34.0 Å². The maximum Gasteiger partial charge on any atom is 0.276 e. The molecule has 2 atom stereocenters. The summed E-state index contributed by atoms with van der Waals surface area (Å²) >= 11 is 2.91. The number of carbonyl (C=O) groups excluding carboxylic acids is 1. The first-order valence-electron chi connectivity index (χ1n) is 9.62. The Morgan fingerprint density at radius 1 is 1.14 bits per heavy atom. The summed E-state index contributed by atoms with van der Waals surface area (Å²) in [6.07, 6.45) is 0.452. The van der Waals surface area contributed by atoms with Gasteiger partial charge in [0.15, 0.2) is 5.13 Å². The predicted molar refractivity (Wildman–Crippen MR) is 118 cm³/mol. The van der Waals surface area contributed by atoms with E-state index in [9.17, 15) is 4.79 Å². The molecule has 2 unspecified atom stereocenters. The number of amides is 1. The van der Waals surface area contributed by atoms with Crippen molar-refractivity contribution in [2.24, 2.45) is 0 Å². The summed E-state index contributed by atoms with van der Waals surface area (Å²) in [5, 5.41) is 8.10. The number of thiazole rings is 2. The maximum absolute atomic E-state index is 12.6. The van der Waals surface area contributed by atoms with Crippen LogP contribution in [0.2, 0.25) is 0 Å². The first-order chi connectivity index (χ1) is 14.0. The second kappa shape index (κ2) is 8.71. The second-order valence-electron chi connectivity index (χ2n) is 7.45. The van der Waals surface area contributed by atoms with Crippen LogP contribution in [0.25, 0.3) is 10.6 Å². The number of nitrogens with zero attached hydrogens (tertiary/aromatic N) is 3. The fourth-order valence-corrected chi connectivity index (χ4v) is 4.95. The maximum atomic E-state index is 12.6. The van der Waals surface area contributed by atoms with Gasteiger partial charge < -0.3 is 4.74 Å². The van der Waals surface area contributed by atoms with Gasteiger partial charge in [0.1, 0.15) is 10.7 Å². The van der Waals surface area contributed by atoms with Gasteiger partial charge in [-0.05, 0) is 20.8 Å². The number of morpholine rings is 1. The SMILES string of the molecule is Cc1ccc(-c2nc(C(=O)Nc3nc(CN4CC(C)OC(C)C4)cs3)cs2)cc1. The van der Waals surface area contributed by atoms with Crippen molar-refractivity contribution in [3.8, 4) is 10.6 Å². The van der Waals surface area contributed by atoms with Gasteiger partial charge in [-0.3, -0.25) is 15.0 Å². The van der Waals surface area contributed by atoms with Crippen LogP contribution in [0, 0.1) is 6.92 Å². The molecular formula is C21H24N4O2S2. The van der Waals surface area contributed by atoms with E-state index in [0.29, 0.717) is 10.8 Å². The normalized spacial score (nSPS) is 20.0. The van der Waals surface area contributed by atoms with Gasteiger partial charge in [0.05, 0.1) is 17.9 Å². The Morgan fingerprint density at radius 2 is 1.86 bits per heavy atom. The summed E-state index contributed by atoms with van der Waals surface area (Å²) in [7, 11) is 0. The van der Waals surface area contributed by atoms with Crippen LogP contribution in [-0.2, 0) is 11.3 Å². The lowest BCUT2D eigenvalue weighted by atomic mass is 10.2. The standard InChI is InChI=1S/C21H24N4O2S2/c1-13-4-6-16(7-5-13)20-23-18(12-28-20)19(26)24-21-22-17(11-29-21)10-25-8-14(2)27-15(3)9-25/h4-7,11-12,14-15H,8-10H2,1-3H3,(H,22,24,26). The van der Waals surface area contributed by atoms with Crippen molar-refractivity contribution < 1.29 is 9.53 Å². The highest BCUT2D eigenvalue weighted by Gasteiger charge is 2.23. The zero-order chi connectivity index (χ0) is 20.4. The van der Waals surface area contributed by atoms with E-state index in [0.717, 1.165) is 35.9 Å². The summed E-state index contributed by atoms with van der Waals surface area (Å²) in [4.78, 5) is 24.0. The third-order valence-corrected chi connectivity index (χ3v) is 6.39. The van der Waals surface area contributed by atoms with Gasteiger partial charge >= 0.3 is 0 Å². The van der Waals surface area contributed by atoms with Crippen LogP contribution < -0.4 is 5.32 Å². The first kappa shape index (κ1) is 20.2.